The molecule has 1 heterocycles. The van der Waals surface area contributed by atoms with Gasteiger partial charge in [0.25, 0.3) is 0 Å². The van der Waals surface area contributed by atoms with Crippen LogP contribution in [0.5, 0.6) is 0 Å². The van der Waals surface area contributed by atoms with E-state index >= 15 is 0 Å². The van der Waals surface area contributed by atoms with Crippen molar-refractivity contribution in [2.45, 2.75) is 69.7 Å². The molecule has 1 fully saturated rings. The largest absolute Gasteiger partial charge is 0.339 e. The fraction of sp³-hybridized carbons (Fsp3) is 0.867. The van der Waals surface area contributed by atoms with Gasteiger partial charge in [-0.05, 0) is 26.3 Å². The Balaban J connectivity index is 2.00. The molecule has 0 spiro atoms. The number of sulfone groups is 1. The summed E-state index contributed by atoms with van der Waals surface area (Å²) in [6.07, 6.45) is 8.02. The van der Waals surface area contributed by atoms with E-state index in [1.165, 1.54) is 6.26 Å². The minimum absolute atomic E-state index is 0.0429. The highest BCUT2D eigenvalue weighted by Crippen LogP contribution is 2.28. The first-order chi connectivity index (χ1) is 10.4. The van der Waals surface area contributed by atoms with Gasteiger partial charge in [0.1, 0.15) is 0 Å². The summed E-state index contributed by atoms with van der Waals surface area (Å²) in [6.45, 7) is 2.66. The topological polar surface area (TPSA) is 76.3 Å². The van der Waals surface area contributed by atoms with Gasteiger partial charge in [0.05, 0.1) is 11.8 Å². The highest BCUT2D eigenvalue weighted by molar-refractivity contribution is 7.91. The predicted molar refractivity (Wildman–Crippen MR) is 85.3 cm³/mol. The van der Waals surface area contributed by atoms with Crippen LogP contribution in [0, 0.1) is 0 Å². The van der Waals surface area contributed by atoms with Crippen molar-refractivity contribution in [1.29, 1.82) is 0 Å². The molecule has 1 aliphatic carbocycles. The van der Waals surface area contributed by atoms with Crippen LogP contribution in [0.15, 0.2) is 4.52 Å². The molecule has 1 saturated carbocycles. The molecule has 1 aliphatic rings. The van der Waals surface area contributed by atoms with Crippen LogP contribution in [-0.4, -0.2) is 48.1 Å². The molecule has 0 radical (unpaired) electrons. The lowest BCUT2D eigenvalue weighted by atomic mass is 9.94. The van der Waals surface area contributed by atoms with Crippen molar-refractivity contribution in [1.82, 2.24) is 15.0 Å². The molecule has 126 valence electrons. The minimum atomic E-state index is -3.03. The van der Waals surface area contributed by atoms with E-state index in [-0.39, 0.29) is 11.3 Å². The number of aromatic nitrogens is 2. The zero-order valence-corrected chi connectivity index (χ0v) is 14.6. The van der Waals surface area contributed by atoms with Gasteiger partial charge in [-0.3, -0.25) is 4.90 Å². The summed E-state index contributed by atoms with van der Waals surface area (Å²) >= 11 is 0. The van der Waals surface area contributed by atoms with Crippen LogP contribution in [0.25, 0.3) is 0 Å². The number of unbranched alkanes of at least 4 members (excludes halogenated alkanes) is 1. The van der Waals surface area contributed by atoms with E-state index < -0.39 is 9.84 Å². The first-order valence-electron chi connectivity index (χ1n) is 8.12. The number of hydrogen-bond acceptors (Lipinski definition) is 6. The maximum absolute atomic E-state index is 12.0. The Hall–Kier alpha value is -0.950. The summed E-state index contributed by atoms with van der Waals surface area (Å²) < 4.78 is 29.2. The zero-order valence-electron chi connectivity index (χ0n) is 13.8. The Labute approximate surface area is 133 Å². The minimum Gasteiger partial charge on any atom is -0.339 e. The molecular weight excluding hydrogens is 302 g/mol. The first-order valence-corrected chi connectivity index (χ1v) is 10.1. The van der Waals surface area contributed by atoms with Crippen LogP contribution >= 0.6 is 0 Å². The predicted octanol–water partition coefficient (Wildman–Crippen LogP) is 2.20. The summed E-state index contributed by atoms with van der Waals surface area (Å²) in [4.78, 5) is 6.47. The van der Waals surface area contributed by atoms with E-state index in [0.717, 1.165) is 44.9 Å². The van der Waals surface area contributed by atoms with E-state index in [9.17, 15) is 8.42 Å². The van der Waals surface area contributed by atoms with Crippen molar-refractivity contribution < 1.29 is 12.9 Å². The van der Waals surface area contributed by atoms with Crippen molar-refractivity contribution in [3.8, 4) is 0 Å². The lowest BCUT2D eigenvalue weighted by Crippen LogP contribution is -2.46. The molecule has 0 saturated heterocycles. The monoisotopic (exact) mass is 329 g/mol. The first kappa shape index (κ1) is 17.4. The smallest absolute Gasteiger partial charge is 0.226 e. The standard InChI is InChI=1S/C15H27N3O3S/c1-4-5-10-15-16-14(17-21-15)11-18(2)12-8-6-7-9-13(12)22(3,19)20/h12-13H,4-11H2,1-3H3. The summed E-state index contributed by atoms with van der Waals surface area (Å²) in [5, 5.41) is 3.73. The van der Waals surface area contributed by atoms with Crippen LogP contribution in [0.1, 0.15) is 57.2 Å². The zero-order chi connectivity index (χ0) is 16.2. The summed E-state index contributed by atoms with van der Waals surface area (Å²) in [5.74, 6) is 1.32. The molecule has 1 aromatic heterocycles. The third-order valence-corrected chi connectivity index (χ3v) is 6.08. The molecule has 6 nitrogen and oxygen atoms in total. The van der Waals surface area contributed by atoms with Gasteiger partial charge >= 0.3 is 0 Å². The molecular formula is C15H27N3O3S. The van der Waals surface area contributed by atoms with Gasteiger partial charge in [-0.2, -0.15) is 4.98 Å². The van der Waals surface area contributed by atoms with Gasteiger partial charge < -0.3 is 4.52 Å². The molecule has 2 rings (SSSR count). The van der Waals surface area contributed by atoms with E-state index in [2.05, 4.69) is 22.0 Å². The molecule has 2 atom stereocenters. The number of rotatable bonds is 7. The molecule has 2 unspecified atom stereocenters. The summed E-state index contributed by atoms with van der Waals surface area (Å²) in [5.41, 5.74) is 0. The molecule has 22 heavy (non-hydrogen) atoms. The van der Waals surface area contributed by atoms with Gasteiger partial charge in [0, 0.05) is 18.7 Å². The van der Waals surface area contributed by atoms with E-state index in [1.54, 1.807) is 0 Å². The highest BCUT2D eigenvalue weighted by atomic mass is 32.2. The molecule has 0 N–H and O–H groups in total. The lowest BCUT2D eigenvalue weighted by molar-refractivity contribution is 0.181. The van der Waals surface area contributed by atoms with Crippen LogP contribution in [0.3, 0.4) is 0 Å². The number of nitrogens with zero attached hydrogens (tertiary/aromatic N) is 3. The quantitative estimate of drug-likeness (QED) is 0.763. The average Bonchev–Trinajstić information content (AvgIpc) is 2.91. The van der Waals surface area contributed by atoms with Crippen LogP contribution in [-0.2, 0) is 22.8 Å². The van der Waals surface area contributed by atoms with Crippen LogP contribution in [0.2, 0.25) is 0 Å². The highest BCUT2D eigenvalue weighted by Gasteiger charge is 2.35. The molecule has 7 heteroatoms. The van der Waals surface area contributed by atoms with Crippen molar-refractivity contribution in [2.75, 3.05) is 13.3 Å². The fourth-order valence-corrected chi connectivity index (χ4v) is 4.71. The lowest BCUT2D eigenvalue weighted by Gasteiger charge is -2.36. The van der Waals surface area contributed by atoms with Crippen molar-refractivity contribution in [3.05, 3.63) is 11.7 Å². The van der Waals surface area contributed by atoms with Crippen molar-refractivity contribution in [2.24, 2.45) is 0 Å². The fourth-order valence-electron chi connectivity index (χ4n) is 3.21. The summed E-state index contributed by atoms with van der Waals surface area (Å²) in [6, 6.07) is 0.0429. The molecule has 0 aliphatic heterocycles. The molecule has 0 amide bonds. The second-order valence-electron chi connectivity index (χ2n) is 6.34. The third kappa shape index (κ3) is 4.52. The number of aryl methyl sites for hydroxylation is 1. The second kappa shape index (κ2) is 7.55. The Morgan fingerprint density at radius 1 is 1.32 bits per heavy atom. The summed E-state index contributed by atoms with van der Waals surface area (Å²) in [7, 11) is -1.07. The Kier molecular flexibility index (Phi) is 5.97. The van der Waals surface area contributed by atoms with Gasteiger partial charge in [0.15, 0.2) is 15.7 Å². The van der Waals surface area contributed by atoms with Crippen LogP contribution < -0.4 is 0 Å². The van der Waals surface area contributed by atoms with Gasteiger partial charge in [0.2, 0.25) is 5.89 Å². The van der Waals surface area contributed by atoms with Gasteiger partial charge in [-0.25, -0.2) is 8.42 Å². The van der Waals surface area contributed by atoms with Crippen molar-refractivity contribution >= 4 is 9.84 Å². The van der Waals surface area contributed by atoms with Crippen LogP contribution in [0.4, 0.5) is 0 Å². The van der Waals surface area contributed by atoms with Crippen molar-refractivity contribution in [3.63, 3.8) is 0 Å². The molecule has 0 aromatic carbocycles. The normalized spacial score (nSPS) is 23.1. The Morgan fingerprint density at radius 3 is 2.73 bits per heavy atom. The van der Waals surface area contributed by atoms with E-state index in [1.807, 2.05) is 7.05 Å². The average molecular weight is 329 g/mol. The van der Waals surface area contributed by atoms with E-state index in [0.29, 0.717) is 18.3 Å². The number of hydrogen-bond donors (Lipinski definition) is 0. The maximum Gasteiger partial charge on any atom is 0.226 e. The third-order valence-electron chi connectivity index (χ3n) is 4.43. The molecule has 1 aromatic rings. The Morgan fingerprint density at radius 2 is 2.05 bits per heavy atom. The second-order valence-corrected chi connectivity index (χ2v) is 8.61. The Bertz CT molecular complexity index is 570. The SMILES string of the molecule is CCCCc1nc(CN(C)C2CCCCC2S(C)(=O)=O)no1. The molecule has 0 bridgehead atoms. The van der Waals surface area contributed by atoms with E-state index in [4.69, 9.17) is 4.52 Å². The van der Waals surface area contributed by atoms with Gasteiger partial charge in [-0.1, -0.05) is 31.3 Å². The van der Waals surface area contributed by atoms with Gasteiger partial charge in [-0.15, -0.1) is 0 Å². The maximum atomic E-state index is 12.0.